The molecule has 2 aromatic carbocycles. The van der Waals surface area contributed by atoms with Gasteiger partial charge in [-0.05, 0) is 35.9 Å². The van der Waals surface area contributed by atoms with Crippen LogP contribution in [0.2, 0.25) is 5.02 Å². The normalized spacial score (nSPS) is 10.9. The van der Waals surface area contributed by atoms with Gasteiger partial charge in [0, 0.05) is 18.7 Å². The average molecular weight is 414 g/mol. The fourth-order valence-corrected chi connectivity index (χ4v) is 2.82. The van der Waals surface area contributed by atoms with Crippen molar-refractivity contribution in [3.05, 3.63) is 65.0 Å². The SMILES string of the molecule is COc1ccc(/C=C/C(=O)N(C)Cc2nc(-c3ccccc3Cl)no2)cc1OC. The molecular formula is C21H20ClN3O4. The van der Waals surface area contributed by atoms with E-state index in [1.54, 1.807) is 51.6 Å². The smallest absolute Gasteiger partial charge is 0.246 e. The number of ether oxygens (including phenoxy) is 2. The molecule has 0 atom stereocenters. The van der Waals surface area contributed by atoms with Crippen LogP contribution in [0.15, 0.2) is 53.1 Å². The third-order valence-electron chi connectivity index (χ3n) is 4.16. The maximum atomic E-state index is 12.4. The van der Waals surface area contributed by atoms with Crippen LogP contribution in [0.5, 0.6) is 11.5 Å². The molecule has 0 N–H and O–H groups in total. The summed E-state index contributed by atoms with van der Waals surface area (Å²) in [6.07, 6.45) is 3.16. The maximum Gasteiger partial charge on any atom is 0.246 e. The molecule has 7 nitrogen and oxygen atoms in total. The van der Waals surface area contributed by atoms with Crippen molar-refractivity contribution in [2.75, 3.05) is 21.3 Å². The van der Waals surface area contributed by atoms with Crippen LogP contribution < -0.4 is 9.47 Å². The van der Waals surface area contributed by atoms with Crippen LogP contribution in [0.4, 0.5) is 0 Å². The second-order valence-corrected chi connectivity index (χ2v) is 6.54. The number of carbonyl (C=O) groups excluding carboxylic acids is 1. The highest BCUT2D eigenvalue weighted by Gasteiger charge is 2.14. The summed E-state index contributed by atoms with van der Waals surface area (Å²) < 4.78 is 15.7. The van der Waals surface area contributed by atoms with E-state index in [-0.39, 0.29) is 12.5 Å². The molecule has 8 heteroatoms. The number of nitrogens with zero attached hydrogens (tertiary/aromatic N) is 3. The van der Waals surface area contributed by atoms with Gasteiger partial charge in [-0.2, -0.15) is 4.98 Å². The van der Waals surface area contributed by atoms with E-state index in [0.29, 0.717) is 33.8 Å². The number of methoxy groups -OCH3 is 2. The van der Waals surface area contributed by atoms with Crippen LogP contribution in [-0.2, 0) is 11.3 Å². The van der Waals surface area contributed by atoms with Crippen molar-refractivity contribution >= 4 is 23.6 Å². The van der Waals surface area contributed by atoms with Crippen LogP contribution in [0, 0.1) is 0 Å². The Balaban J connectivity index is 1.65. The Kier molecular flexibility index (Phi) is 6.51. The fraction of sp³-hybridized carbons (Fsp3) is 0.190. The highest BCUT2D eigenvalue weighted by Crippen LogP contribution is 2.28. The molecule has 0 aliphatic carbocycles. The van der Waals surface area contributed by atoms with E-state index < -0.39 is 0 Å². The monoisotopic (exact) mass is 413 g/mol. The molecule has 3 aromatic rings. The minimum Gasteiger partial charge on any atom is -0.493 e. The first-order valence-electron chi connectivity index (χ1n) is 8.74. The van der Waals surface area contributed by atoms with Crippen LogP contribution >= 0.6 is 11.6 Å². The van der Waals surface area contributed by atoms with Gasteiger partial charge in [-0.15, -0.1) is 0 Å². The molecule has 29 heavy (non-hydrogen) atoms. The number of benzene rings is 2. The molecule has 1 heterocycles. The van der Waals surface area contributed by atoms with E-state index in [1.165, 1.54) is 11.0 Å². The zero-order valence-electron chi connectivity index (χ0n) is 16.3. The Morgan fingerprint density at radius 1 is 1.17 bits per heavy atom. The maximum absolute atomic E-state index is 12.4. The Labute approximate surface area is 173 Å². The molecule has 0 radical (unpaired) electrons. The number of rotatable bonds is 7. The lowest BCUT2D eigenvalue weighted by atomic mass is 10.2. The Bertz CT molecular complexity index is 1030. The second kappa shape index (κ2) is 9.25. The third-order valence-corrected chi connectivity index (χ3v) is 4.49. The van der Waals surface area contributed by atoms with Gasteiger partial charge in [0.05, 0.1) is 25.8 Å². The zero-order valence-corrected chi connectivity index (χ0v) is 17.0. The minimum absolute atomic E-state index is 0.173. The highest BCUT2D eigenvalue weighted by molar-refractivity contribution is 6.33. The lowest BCUT2D eigenvalue weighted by molar-refractivity contribution is -0.125. The molecule has 0 fully saturated rings. The molecule has 150 valence electrons. The lowest BCUT2D eigenvalue weighted by Crippen LogP contribution is -2.24. The first kappa shape index (κ1) is 20.4. The van der Waals surface area contributed by atoms with Gasteiger partial charge in [-0.3, -0.25) is 4.79 Å². The summed E-state index contributed by atoms with van der Waals surface area (Å²) in [5.41, 5.74) is 1.48. The van der Waals surface area contributed by atoms with Crippen molar-refractivity contribution < 1.29 is 18.8 Å². The molecule has 1 aromatic heterocycles. The summed E-state index contributed by atoms with van der Waals surface area (Å²) in [6, 6.07) is 12.6. The van der Waals surface area contributed by atoms with E-state index in [0.717, 1.165) is 5.56 Å². The van der Waals surface area contributed by atoms with E-state index >= 15 is 0 Å². The Morgan fingerprint density at radius 2 is 1.93 bits per heavy atom. The molecule has 0 saturated carbocycles. The fourth-order valence-electron chi connectivity index (χ4n) is 2.60. The summed E-state index contributed by atoms with van der Waals surface area (Å²) in [5, 5.41) is 4.47. The predicted molar refractivity (Wildman–Crippen MR) is 110 cm³/mol. The van der Waals surface area contributed by atoms with Crippen molar-refractivity contribution in [1.82, 2.24) is 15.0 Å². The summed E-state index contributed by atoms with van der Waals surface area (Å²) >= 11 is 6.15. The number of amides is 1. The van der Waals surface area contributed by atoms with Crippen LogP contribution in [0.25, 0.3) is 17.5 Å². The van der Waals surface area contributed by atoms with Gasteiger partial charge in [-0.25, -0.2) is 0 Å². The van der Waals surface area contributed by atoms with Crippen molar-refractivity contribution in [1.29, 1.82) is 0 Å². The lowest BCUT2D eigenvalue weighted by Gasteiger charge is -2.12. The number of halogens is 1. The molecule has 0 aliphatic heterocycles. The van der Waals surface area contributed by atoms with Gasteiger partial charge in [0.1, 0.15) is 0 Å². The van der Waals surface area contributed by atoms with Gasteiger partial charge >= 0.3 is 0 Å². The molecule has 0 saturated heterocycles. The largest absolute Gasteiger partial charge is 0.493 e. The van der Waals surface area contributed by atoms with E-state index in [1.807, 2.05) is 18.2 Å². The average Bonchev–Trinajstić information content (AvgIpc) is 3.20. The minimum atomic E-state index is -0.211. The van der Waals surface area contributed by atoms with Gasteiger partial charge < -0.3 is 18.9 Å². The topological polar surface area (TPSA) is 77.7 Å². The predicted octanol–water partition coefficient (Wildman–Crippen LogP) is 4.08. The zero-order chi connectivity index (χ0) is 20.8. The Hall–Kier alpha value is -3.32. The van der Waals surface area contributed by atoms with Gasteiger partial charge in [0.2, 0.25) is 17.6 Å². The van der Waals surface area contributed by atoms with E-state index in [4.69, 9.17) is 25.6 Å². The summed E-state index contributed by atoms with van der Waals surface area (Å²) in [4.78, 5) is 18.2. The van der Waals surface area contributed by atoms with Crippen molar-refractivity contribution in [2.45, 2.75) is 6.54 Å². The standard InChI is InChI=1S/C21H20ClN3O4/c1-25(13-19-23-21(24-29-19)15-6-4-5-7-16(15)22)20(26)11-9-14-8-10-17(27-2)18(12-14)28-3/h4-12H,13H2,1-3H3/b11-9+. The number of carbonyl (C=O) groups is 1. The number of aromatic nitrogens is 2. The number of hydrogen-bond acceptors (Lipinski definition) is 6. The third kappa shape index (κ3) is 4.94. The summed E-state index contributed by atoms with van der Waals surface area (Å²) in [7, 11) is 4.78. The molecule has 1 amide bonds. The van der Waals surface area contributed by atoms with Crippen molar-refractivity contribution in [2.24, 2.45) is 0 Å². The second-order valence-electron chi connectivity index (χ2n) is 6.13. The van der Waals surface area contributed by atoms with Crippen LogP contribution in [-0.4, -0.2) is 42.2 Å². The number of hydrogen-bond donors (Lipinski definition) is 0. The molecule has 0 aliphatic rings. The molecular weight excluding hydrogens is 394 g/mol. The van der Waals surface area contributed by atoms with E-state index in [2.05, 4.69) is 10.1 Å². The van der Waals surface area contributed by atoms with E-state index in [9.17, 15) is 4.79 Å². The molecule has 0 spiro atoms. The highest BCUT2D eigenvalue weighted by atomic mass is 35.5. The summed E-state index contributed by atoms with van der Waals surface area (Å²) in [5.74, 6) is 1.70. The van der Waals surface area contributed by atoms with Gasteiger partial charge in [0.15, 0.2) is 11.5 Å². The van der Waals surface area contributed by atoms with Gasteiger partial charge in [0.25, 0.3) is 0 Å². The van der Waals surface area contributed by atoms with Crippen molar-refractivity contribution in [3.63, 3.8) is 0 Å². The van der Waals surface area contributed by atoms with Crippen molar-refractivity contribution in [3.8, 4) is 22.9 Å². The quantitative estimate of drug-likeness (QED) is 0.543. The molecule has 0 unspecified atom stereocenters. The summed E-state index contributed by atoms with van der Waals surface area (Å²) in [6.45, 7) is 0.173. The van der Waals surface area contributed by atoms with Gasteiger partial charge in [-0.1, -0.05) is 35.0 Å². The van der Waals surface area contributed by atoms with Crippen LogP contribution in [0.1, 0.15) is 11.5 Å². The number of likely N-dealkylation sites (N-methyl/N-ethyl adjacent to an activating group) is 1. The molecule has 3 rings (SSSR count). The first-order chi connectivity index (χ1) is 14.0. The molecule has 0 bridgehead atoms. The first-order valence-corrected chi connectivity index (χ1v) is 9.12. The Morgan fingerprint density at radius 3 is 2.66 bits per heavy atom. The van der Waals surface area contributed by atoms with Crippen LogP contribution in [0.3, 0.4) is 0 Å².